The standard InChI is InChI=1S/C27H26FN5OS/c1-16-19(6-8-24-21(16)14-31-33(24)15-27(2,3)34)26-20-12-25(30-13-17(20)9-10-29-26)32-23-7-5-18(35-4)11-22(23)28/h5-14,34H,15H2,1-4H3,(H,30,32). The molecule has 6 nitrogen and oxygen atoms in total. The van der Waals surface area contributed by atoms with E-state index in [2.05, 4.69) is 22.3 Å². The van der Waals surface area contributed by atoms with E-state index < -0.39 is 5.60 Å². The number of pyridine rings is 2. The second kappa shape index (κ2) is 8.94. The molecule has 35 heavy (non-hydrogen) atoms. The number of nitrogens with one attached hydrogen (secondary N) is 1. The van der Waals surface area contributed by atoms with Gasteiger partial charge in [0.05, 0.1) is 35.2 Å². The summed E-state index contributed by atoms with van der Waals surface area (Å²) in [7, 11) is 0. The molecule has 0 bridgehead atoms. The van der Waals surface area contributed by atoms with Crippen molar-refractivity contribution in [3.63, 3.8) is 0 Å². The van der Waals surface area contributed by atoms with Crippen molar-refractivity contribution in [2.24, 2.45) is 0 Å². The Morgan fingerprint density at radius 2 is 1.89 bits per heavy atom. The van der Waals surface area contributed by atoms with Crippen LogP contribution in [-0.4, -0.2) is 36.7 Å². The quantitative estimate of drug-likeness (QED) is 0.273. The van der Waals surface area contributed by atoms with Crippen molar-refractivity contribution < 1.29 is 9.50 Å². The molecule has 0 aliphatic carbocycles. The first-order valence-corrected chi connectivity index (χ1v) is 12.5. The summed E-state index contributed by atoms with van der Waals surface area (Å²) < 4.78 is 16.4. The molecule has 0 radical (unpaired) electrons. The van der Waals surface area contributed by atoms with Gasteiger partial charge in [0.15, 0.2) is 0 Å². The second-order valence-corrected chi connectivity index (χ2v) is 10.1. The molecule has 2 N–H and O–H groups in total. The van der Waals surface area contributed by atoms with E-state index in [9.17, 15) is 9.50 Å². The molecule has 0 saturated heterocycles. The number of hydrogen-bond donors (Lipinski definition) is 2. The summed E-state index contributed by atoms with van der Waals surface area (Å²) in [6.07, 6.45) is 7.29. The van der Waals surface area contributed by atoms with Gasteiger partial charge in [-0.25, -0.2) is 9.37 Å². The number of aryl methyl sites for hydroxylation is 1. The van der Waals surface area contributed by atoms with Gasteiger partial charge in [0.25, 0.3) is 0 Å². The van der Waals surface area contributed by atoms with Gasteiger partial charge in [0.1, 0.15) is 11.6 Å². The lowest BCUT2D eigenvalue weighted by atomic mass is 9.98. The Morgan fingerprint density at radius 3 is 2.63 bits per heavy atom. The van der Waals surface area contributed by atoms with Crippen LogP contribution >= 0.6 is 11.8 Å². The van der Waals surface area contributed by atoms with Crippen molar-refractivity contribution in [3.05, 3.63) is 72.4 Å². The molecule has 0 spiro atoms. The fraction of sp³-hybridized carbons (Fsp3) is 0.222. The van der Waals surface area contributed by atoms with E-state index in [-0.39, 0.29) is 5.82 Å². The third kappa shape index (κ3) is 4.59. The number of anilines is 2. The zero-order valence-corrected chi connectivity index (χ0v) is 20.8. The average molecular weight is 488 g/mol. The van der Waals surface area contributed by atoms with Gasteiger partial charge in [0.2, 0.25) is 0 Å². The highest BCUT2D eigenvalue weighted by Gasteiger charge is 2.18. The number of aliphatic hydroxyl groups is 1. The van der Waals surface area contributed by atoms with Gasteiger partial charge in [-0.05, 0) is 69.0 Å². The number of thioether (sulfide) groups is 1. The molecular weight excluding hydrogens is 461 g/mol. The van der Waals surface area contributed by atoms with Crippen molar-refractivity contribution in [3.8, 4) is 11.3 Å². The van der Waals surface area contributed by atoms with Crippen LogP contribution in [-0.2, 0) is 6.54 Å². The number of benzene rings is 2. The summed E-state index contributed by atoms with van der Waals surface area (Å²) in [4.78, 5) is 10.0. The number of fused-ring (bicyclic) bond motifs is 2. The van der Waals surface area contributed by atoms with E-state index in [1.807, 2.05) is 47.5 Å². The summed E-state index contributed by atoms with van der Waals surface area (Å²) in [5.74, 6) is 0.216. The second-order valence-electron chi connectivity index (χ2n) is 9.21. The maximum absolute atomic E-state index is 14.5. The van der Waals surface area contributed by atoms with Crippen LogP contribution in [0.3, 0.4) is 0 Å². The van der Waals surface area contributed by atoms with Gasteiger partial charge < -0.3 is 10.4 Å². The van der Waals surface area contributed by atoms with Crippen molar-refractivity contribution in [1.82, 2.24) is 19.7 Å². The topological polar surface area (TPSA) is 75.9 Å². The van der Waals surface area contributed by atoms with Gasteiger partial charge in [-0.15, -0.1) is 11.8 Å². The minimum Gasteiger partial charge on any atom is -0.389 e. The van der Waals surface area contributed by atoms with Crippen LogP contribution in [0.5, 0.6) is 0 Å². The van der Waals surface area contributed by atoms with Gasteiger partial charge in [-0.3, -0.25) is 9.67 Å². The zero-order valence-electron chi connectivity index (χ0n) is 20.0. The summed E-state index contributed by atoms with van der Waals surface area (Å²) >= 11 is 1.50. The fourth-order valence-corrected chi connectivity index (χ4v) is 4.68. The Balaban J connectivity index is 1.57. The molecule has 8 heteroatoms. The highest BCUT2D eigenvalue weighted by atomic mass is 32.2. The van der Waals surface area contributed by atoms with Crippen LogP contribution in [0.1, 0.15) is 19.4 Å². The Labute approximate surface area is 207 Å². The third-order valence-electron chi connectivity index (χ3n) is 5.97. The summed E-state index contributed by atoms with van der Waals surface area (Å²) in [5, 5.41) is 20.7. The van der Waals surface area contributed by atoms with Crippen molar-refractivity contribution in [2.75, 3.05) is 11.6 Å². The van der Waals surface area contributed by atoms with E-state index in [1.165, 1.54) is 17.8 Å². The molecule has 0 saturated carbocycles. The molecule has 178 valence electrons. The van der Waals surface area contributed by atoms with Crippen molar-refractivity contribution in [2.45, 2.75) is 37.8 Å². The first-order valence-electron chi connectivity index (χ1n) is 11.3. The molecule has 0 aliphatic rings. The van der Waals surface area contributed by atoms with Gasteiger partial charge in [-0.1, -0.05) is 6.07 Å². The summed E-state index contributed by atoms with van der Waals surface area (Å²) in [6.45, 7) is 5.99. The SMILES string of the molecule is CSc1ccc(Nc2cc3c(-c4ccc5c(cnn5CC(C)(C)O)c4C)nccc3cn2)c(F)c1. The molecule has 0 fully saturated rings. The third-order valence-corrected chi connectivity index (χ3v) is 6.70. The molecule has 2 aromatic carbocycles. The summed E-state index contributed by atoms with van der Waals surface area (Å²) in [5.41, 5.74) is 3.32. The highest BCUT2D eigenvalue weighted by molar-refractivity contribution is 7.98. The number of nitrogens with zero attached hydrogens (tertiary/aromatic N) is 4. The Hall–Kier alpha value is -3.49. The van der Waals surface area contributed by atoms with Gasteiger partial charge in [-0.2, -0.15) is 5.10 Å². The smallest absolute Gasteiger partial charge is 0.147 e. The molecule has 3 aromatic heterocycles. The minimum atomic E-state index is -0.867. The number of halogens is 1. The molecule has 0 unspecified atom stereocenters. The zero-order chi connectivity index (χ0) is 24.7. The number of hydrogen-bond acceptors (Lipinski definition) is 6. The van der Waals surface area contributed by atoms with Crippen molar-refractivity contribution >= 4 is 44.9 Å². The molecular formula is C27H26FN5OS. The van der Waals surface area contributed by atoms with E-state index in [0.29, 0.717) is 18.1 Å². The van der Waals surface area contributed by atoms with Crippen LogP contribution in [0.2, 0.25) is 0 Å². The number of aromatic nitrogens is 4. The first kappa shape index (κ1) is 23.3. The minimum absolute atomic E-state index is 0.325. The van der Waals surface area contributed by atoms with Crippen LogP contribution in [0.15, 0.2) is 66.0 Å². The van der Waals surface area contributed by atoms with Gasteiger partial charge in [0, 0.05) is 39.0 Å². The van der Waals surface area contributed by atoms with E-state index in [4.69, 9.17) is 4.98 Å². The van der Waals surface area contributed by atoms with Crippen LogP contribution in [0, 0.1) is 12.7 Å². The monoisotopic (exact) mass is 487 g/mol. The maximum atomic E-state index is 14.5. The first-order chi connectivity index (χ1) is 16.7. The van der Waals surface area contributed by atoms with Gasteiger partial charge >= 0.3 is 0 Å². The molecule has 5 aromatic rings. The predicted molar refractivity (Wildman–Crippen MR) is 141 cm³/mol. The molecule has 5 rings (SSSR count). The lowest BCUT2D eigenvalue weighted by molar-refractivity contribution is 0.0591. The molecule has 0 aliphatic heterocycles. The molecule has 3 heterocycles. The maximum Gasteiger partial charge on any atom is 0.147 e. The lowest BCUT2D eigenvalue weighted by Gasteiger charge is -2.18. The fourth-order valence-electron chi connectivity index (χ4n) is 4.25. The Morgan fingerprint density at radius 1 is 1.06 bits per heavy atom. The highest BCUT2D eigenvalue weighted by Crippen LogP contribution is 2.34. The lowest BCUT2D eigenvalue weighted by Crippen LogP contribution is -2.26. The number of rotatable bonds is 6. The molecule has 0 atom stereocenters. The largest absolute Gasteiger partial charge is 0.389 e. The van der Waals surface area contributed by atoms with Crippen molar-refractivity contribution in [1.29, 1.82) is 0 Å². The summed E-state index contributed by atoms with van der Waals surface area (Å²) in [6, 6.07) is 13.0. The van der Waals surface area contributed by atoms with Crippen LogP contribution < -0.4 is 5.32 Å². The van der Waals surface area contributed by atoms with Crippen LogP contribution in [0.4, 0.5) is 15.9 Å². The predicted octanol–water partition coefficient (Wildman–Crippen LogP) is 6.33. The Bertz CT molecular complexity index is 1560. The van der Waals surface area contributed by atoms with E-state index in [0.717, 1.165) is 43.4 Å². The Kier molecular flexibility index (Phi) is 5.94. The molecule has 0 amide bonds. The van der Waals surface area contributed by atoms with E-state index >= 15 is 0 Å². The normalized spacial score (nSPS) is 11.9. The van der Waals surface area contributed by atoms with Crippen LogP contribution in [0.25, 0.3) is 32.9 Å². The average Bonchev–Trinajstić information content (AvgIpc) is 3.22. The van der Waals surface area contributed by atoms with E-state index in [1.54, 1.807) is 32.3 Å².